The van der Waals surface area contributed by atoms with Crippen LogP contribution in [0, 0.1) is 13.8 Å². The first-order chi connectivity index (χ1) is 12.8. The molecular weight excluding hydrogens is 374 g/mol. The summed E-state index contributed by atoms with van der Waals surface area (Å²) in [6.45, 7) is 3.20. The predicted octanol–water partition coefficient (Wildman–Crippen LogP) is 1.09. The average molecular weight is 388 g/mol. The monoisotopic (exact) mass is 387 g/mol. The summed E-state index contributed by atoms with van der Waals surface area (Å²) in [7, 11) is 0. The Labute approximate surface area is 157 Å². The number of hydrogen-bond acceptors (Lipinski definition) is 7. The molecule has 3 rings (SSSR count). The van der Waals surface area contributed by atoms with E-state index in [0.29, 0.717) is 11.3 Å². The van der Waals surface area contributed by atoms with E-state index < -0.39 is 11.5 Å². The van der Waals surface area contributed by atoms with Crippen molar-refractivity contribution < 1.29 is 9.90 Å². The standard InChI is InChI=1S/C16H14ClN7O3/c1-8-5-12(24(23-8)16-19-14(26)9(2)20-22-16)15(27)21-18-7-10-3-4-13(25)11(17)6-10/h3-7,25H,1-2H3,(H,21,27)(H,19,22,26)/b18-7-. The molecule has 27 heavy (non-hydrogen) atoms. The smallest absolute Gasteiger partial charge is 0.290 e. The molecule has 2 heterocycles. The van der Waals surface area contributed by atoms with Crippen molar-refractivity contribution >= 4 is 23.7 Å². The first kappa shape index (κ1) is 18.3. The van der Waals surface area contributed by atoms with Gasteiger partial charge < -0.3 is 5.11 Å². The Morgan fingerprint density at radius 3 is 2.81 bits per heavy atom. The van der Waals surface area contributed by atoms with E-state index in [1.807, 2.05) is 0 Å². The summed E-state index contributed by atoms with van der Waals surface area (Å²) in [6.07, 6.45) is 1.37. The van der Waals surface area contributed by atoms with Crippen LogP contribution in [0.15, 0.2) is 34.2 Å². The van der Waals surface area contributed by atoms with Crippen molar-refractivity contribution in [1.29, 1.82) is 0 Å². The van der Waals surface area contributed by atoms with Crippen LogP contribution in [0.25, 0.3) is 5.95 Å². The van der Waals surface area contributed by atoms with Crippen LogP contribution in [-0.2, 0) is 0 Å². The summed E-state index contributed by atoms with van der Waals surface area (Å²) in [6, 6.07) is 6.00. The zero-order valence-corrected chi connectivity index (χ0v) is 15.0. The fraction of sp³-hybridized carbons (Fsp3) is 0.125. The van der Waals surface area contributed by atoms with Crippen molar-refractivity contribution in [3.05, 3.63) is 62.3 Å². The number of rotatable bonds is 4. The van der Waals surface area contributed by atoms with Gasteiger partial charge in [-0.25, -0.2) is 5.43 Å². The highest BCUT2D eigenvalue weighted by Gasteiger charge is 2.17. The Balaban J connectivity index is 1.82. The number of aromatic hydroxyl groups is 1. The lowest BCUT2D eigenvalue weighted by molar-refractivity contribution is 0.0947. The normalized spacial score (nSPS) is 11.1. The summed E-state index contributed by atoms with van der Waals surface area (Å²) >= 11 is 5.81. The van der Waals surface area contributed by atoms with E-state index in [1.54, 1.807) is 13.0 Å². The molecule has 0 saturated carbocycles. The number of carbonyl (C=O) groups is 1. The lowest BCUT2D eigenvalue weighted by atomic mass is 10.2. The van der Waals surface area contributed by atoms with Gasteiger partial charge in [0.15, 0.2) is 0 Å². The minimum Gasteiger partial charge on any atom is -0.506 e. The highest BCUT2D eigenvalue weighted by atomic mass is 35.5. The molecule has 1 amide bonds. The second-order valence-electron chi connectivity index (χ2n) is 5.56. The van der Waals surface area contributed by atoms with Crippen molar-refractivity contribution in [3.8, 4) is 11.7 Å². The highest BCUT2D eigenvalue weighted by Crippen LogP contribution is 2.22. The third kappa shape index (κ3) is 4.01. The van der Waals surface area contributed by atoms with Crippen LogP contribution in [0.4, 0.5) is 0 Å². The van der Waals surface area contributed by atoms with Gasteiger partial charge in [0.05, 0.1) is 16.9 Å². The second-order valence-corrected chi connectivity index (χ2v) is 5.96. The van der Waals surface area contributed by atoms with Gasteiger partial charge >= 0.3 is 0 Å². The van der Waals surface area contributed by atoms with E-state index in [1.165, 1.54) is 36.0 Å². The molecule has 3 aromatic rings. The molecular formula is C16H14ClN7O3. The van der Waals surface area contributed by atoms with Gasteiger partial charge in [0.1, 0.15) is 17.1 Å². The molecule has 0 saturated heterocycles. The first-order valence-electron chi connectivity index (χ1n) is 7.67. The molecule has 0 aliphatic heterocycles. The summed E-state index contributed by atoms with van der Waals surface area (Å²) < 4.78 is 1.17. The van der Waals surface area contributed by atoms with Crippen LogP contribution in [0.2, 0.25) is 5.02 Å². The van der Waals surface area contributed by atoms with Gasteiger partial charge in [-0.1, -0.05) is 11.6 Å². The van der Waals surface area contributed by atoms with Crippen LogP contribution in [0.1, 0.15) is 27.4 Å². The largest absolute Gasteiger partial charge is 0.506 e. The van der Waals surface area contributed by atoms with Gasteiger partial charge in [0.25, 0.3) is 17.4 Å². The highest BCUT2D eigenvalue weighted by molar-refractivity contribution is 6.32. The van der Waals surface area contributed by atoms with E-state index in [0.717, 1.165) is 0 Å². The number of H-pyrrole nitrogens is 1. The molecule has 0 aliphatic carbocycles. The van der Waals surface area contributed by atoms with Gasteiger partial charge in [-0.05, 0) is 43.7 Å². The van der Waals surface area contributed by atoms with Crippen LogP contribution in [0.5, 0.6) is 5.75 Å². The Kier molecular flexibility index (Phi) is 4.99. The maximum atomic E-state index is 12.4. The summed E-state index contributed by atoms with van der Waals surface area (Å²) in [4.78, 5) is 26.7. The van der Waals surface area contributed by atoms with Gasteiger partial charge in [-0.3, -0.25) is 14.6 Å². The van der Waals surface area contributed by atoms with Gasteiger partial charge in [-0.15, -0.1) is 10.2 Å². The minimum atomic E-state index is -0.569. The number of nitrogens with one attached hydrogen (secondary N) is 2. The Bertz CT molecular complexity index is 1100. The zero-order chi connectivity index (χ0) is 19.6. The molecule has 0 atom stereocenters. The quantitative estimate of drug-likeness (QED) is 0.452. The maximum Gasteiger partial charge on any atom is 0.290 e. The molecule has 0 fully saturated rings. The molecule has 11 heteroatoms. The van der Waals surface area contributed by atoms with E-state index in [-0.39, 0.29) is 28.1 Å². The summed E-state index contributed by atoms with van der Waals surface area (Å²) in [5.74, 6) is -0.608. The number of aromatic amines is 1. The predicted molar refractivity (Wildman–Crippen MR) is 97.4 cm³/mol. The van der Waals surface area contributed by atoms with Crippen molar-refractivity contribution in [2.45, 2.75) is 13.8 Å². The molecule has 0 unspecified atom stereocenters. The SMILES string of the molecule is Cc1cc(C(=O)N/N=C\c2ccc(O)c(Cl)c2)n(-c2nnc(C)c(=O)[nH]2)n1. The first-order valence-corrected chi connectivity index (χ1v) is 8.05. The van der Waals surface area contributed by atoms with E-state index in [2.05, 4.69) is 30.8 Å². The van der Waals surface area contributed by atoms with E-state index in [9.17, 15) is 14.7 Å². The molecule has 3 N–H and O–H groups in total. The van der Waals surface area contributed by atoms with Crippen molar-refractivity contribution in [2.24, 2.45) is 5.10 Å². The summed E-state index contributed by atoms with van der Waals surface area (Å²) in [5.41, 5.74) is 3.36. The van der Waals surface area contributed by atoms with E-state index in [4.69, 9.17) is 11.6 Å². The number of aryl methyl sites for hydroxylation is 2. The number of carbonyl (C=O) groups excluding carboxylic acids is 1. The number of halogens is 1. The Morgan fingerprint density at radius 2 is 2.11 bits per heavy atom. The van der Waals surface area contributed by atoms with Crippen molar-refractivity contribution in [2.75, 3.05) is 0 Å². The lowest BCUT2D eigenvalue weighted by Gasteiger charge is -2.04. The topological polar surface area (TPSA) is 138 Å². The maximum absolute atomic E-state index is 12.4. The number of phenols is 1. The number of benzene rings is 1. The Morgan fingerprint density at radius 1 is 1.33 bits per heavy atom. The molecule has 0 spiro atoms. The van der Waals surface area contributed by atoms with Gasteiger partial charge in [0.2, 0.25) is 0 Å². The van der Waals surface area contributed by atoms with Crippen molar-refractivity contribution in [1.82, 2.24) is 30.4 Å². The number of phenolic OH excluding ortho intramolecular Hbond substituents is 1. The number of hydrogen-bond donors (Lipinski definition) is 3. The molecule has 138 valence electrons. The molecule has 10 nitrogen and oxygen atoms in total. The number of nitrogens with zero attached hydrogens (tertiary/aromatic N) is 5. The molecule has 0 bridgehead atoms. The third-order valence-electron chi connectivity index (χ3n) is 3.46. The van der Waals surface area contributed by atoms with Gasteiger partial charge in [-0.2, -0.15) is 14.9 Å². The zero-order valence-electron chi connectivity index (χ0n) is 14.3. The molecule has 0 aliphatic rings. The van der Waals surface area contributed by atoms with Gasteiger partial charge in [0, 0.05) is 0 Å². The third-order valence-corrected chi connectivity index (χ3v) is 3.77. The van der Waals surface area contributed by atoms with Crippen molar-refractivity contribution in [3.63, 3.8) is 0 Å². The van der Waals surface area contributed by atoms with Crippen LogP contribution >= 0.6 is 11.6 Å². The van der Waals surface area contributed by atoms with Crippen LogP contribution in [-0.4, -0.2) is 42.2 Å². The lowest BCUT2D eigenvalue weighted by Crippen LogP contribution is -2.24. The second kappa shape index (κ2) is 7.38. The fourth-order valence-electron chi connectivity index (χ4n) is 2.13. The summed E-state index contributed by atoms with van der Waals surface area (Å²) in [5, 5.41) is 25.1. The molecule has 0 radical (unpaired) electrons. The molecule has 1 aromatic carbocycles. The fourth-order valence-corrected chi connectivity index (χ4v) is 2.32. The van der Waals surface area contributed by atoms with Crippen LogP contribution < -0.4 is 11.0 Å². The Hall–Kier alpha value is -3.53. The molecule has 2 aromatic heterocycles. The van der Waals surface area contributed by atoms with Crippen LogP contribution in [0.3, 0.4) is 0 Å². The number of hydrazone groups is 1. The number of aromatic nitrogens is 5. The number of amides is 1. The van der Waals surface area contributed by atoms with E-state index >= 15 is 0 Å². The average Bonchev–Trinajstić information content (AvgIpc) is 3.02. The minimum absolute atomic E-state index is 0.0122.